The number of nitrogens with one attached hydrogen (secondary N) is 1. The second kappa shape index (κ2) is 13.0. The molecule has 3 N–H and O–H groups in total. The molecule has 5 heteroatoms. The molecular formula is C39H33N5. The lowest BCUT2D eigenvalue weighted by atomic mass is 9.92. The SMILES string of the molecule is CNc1ccccc1N.Cc1ccc(-c2c(-c3nc(-c4ccccc4)nc(-c4ccccc4)n3)ccc3ccccc23)cc1. The van der Waals surface area contributed by atoms with Crippen molar-refractivity contribution in [2.45, 2.75) is 6.92 Å². The van der Waals surface area contributed by atoms with E-state index in [1.807, 2.05) is 92.0 Å². The van der Waals surface area contributed by atoms with Crippen LogP contribution in [0.5, 0.6) is 0 Å². The van der Waals surface area contributed by atoms with Crippen LogP contribution in [0.2, 0.25) is 0 Å². The maximum Gasteiger partial charge on any atom is 0.164 e. The molecule has 0 spiro atoms. The minimum atomic E-state index is 0.664. The number of nitrogen functional groups attached to an aromatic ring is 1. The highest BCUT2D eigenvalue weighted by molar-refractivity contribution is 6.03. The Hall–Kier alpha value is -5.81. The molecule has 0 amide bonds. The quantitative estimate of drug-likeness (QED) is 0.201. The van der Waals surface area contributed by atoms with E-state index in [4.69, 9.17) is 20.7 Å². The van der Waals surface area contributed by atoms with Gasteiger partial charge in [-0.2, -0.15) is 0 Å². The number of aromatic nitrogens is 3. The van der Waals surface area contributed by atoms with E-state index in [9.17, 15) is 0 Å². The number of rotatable bonds is 5. The first kappa shape index (κ1) is 28.3. The topological polar surface area (TPSA) is 76.7 Å². The fourth-order valence-electron chi connectivity index (χ4n) is 5.14. The van der Waals surface area contributed by atoms with Crippen LogP contribution in [0.15, 0.2) is 146 Å². The Labute approximate surface area is 258 Å². The van der Waals surface area contributed by atoms with Gasteiger partial charge in [0.25, 0.3) is 0 Å². The number of nitrogens with zero attached hydrogens (tertiary/aromatic N) is 3. The predicted molar refractivity (Wildman–Crippen MR) is 184 cm³/mol. The van der Waals surface area contributed by atoms with Crippen LogP contribution < -0.4 is 11.1 Å². The van der Waals surface area contributed by atoms with Crippen LogP contribution in [0.1, 0.15) is 5.56 Å². The molecule has 0 fully saturated rings. The summed E-state index contributed by atoms with van der Waals surface area (Å²) in [5, 5.41) is 5.34. The van der Waals surface area contributed by atoms with Crippen molar-refractivity contribution >= 4 is 22.1 Å². The molecule has 214 valence electrons. The van der Waals surface area contributed by atoms with Crippen molar-refractivity contribution in [3.8, 4) is 45.3 Å². The lowest BCUT2D eigenvalue weighted by molar-refractivity contribution is 1.07. The van der Waals surface area contributed by atoms with Crippen LogP contribution in [0, 0.1) is 6.92 Å². The average molecular weight is 572 g/mol. The van der Waals surface area contributed by atoms with Gasteiger partial charge in [-0.05, 0) is 41.5 Å². The molecule has 7 aromatic rings. The van der Waals surface area contributed by atoms with Gasteiger partial charge in [0, 0.05) is 29.3 Å². The molecule has 7 rings (SSSR count). The lowest BCUT2D eigenvalue weighted by Gasteiger charge is -2.15. The Kier molecular flexibility index (Phi) is 8.37. The number of para-hydroxylation sites is 2. The summed E-state index contributed by atoms with van der Waals surface area (Å²) >= 11 is 0. The average Bonchev–Trinajstić information content (AvgIpc) is 3.09. The van der Waals surface area contributed by atoms with Gasteiger partial charge in [-0.25, -0.2) is 15.0 Å². The van der Waals surface area contributed by atoms with Crippen LogP contribution in [0.25, 0.3) is 56.1 Å². The van der Waals surface area contributed by atoms with Crippen molar-refractivity contribution in [2.24, 2.45) is 0 Å². The van der Waals surface area contributed by atoms with Crippen LogP contribution in [0.3, 0.4) is 0 Å². The molecule has 0 bridgehead atoms. The monoisotopic (exact) mass is 571 g/mol. The molecule has 0 unspecified atom stereocenters. The summed E-state index contributed by atoms with van der Waals surface area (Å²) < 4.78 is 0. The lowest BCUT2D eigenvalue weighted by Crippen LogP contribution is -2.01. The van der Waals surface area contributed by atoms with E-state index in [-0.39, 0.29) is 0 Å². The molecule has 5 nitrogen and oxygen atoms in total. The number of aryl methyl sites for hydroxylation is 1. The van der Waals surface area contributed by atoms with E-state index in [1.54, 1.807) is 0 Å². The number of fused-ring (bicyclic) bond motifs is 1. The van der Waals surface area contributed by atoms with Crippen LogP contribution in [-0.2, 0) is 0 Å². The molecule has 1 aromatic heterocycles. The molecule has 0 atom stereocenters. The number of benzene rings is 6. The third-order valence-corrected chi connectivity index (χ3v) is 7.44. The third-order valence-electron chi connectivity index (χ3n) is 7.44. The first-order chi connectivity index (χ1) is 21.6. The van der Waals surface area contributed by atoms with Crippen molar-refractivity contribution in [3.63, 3.8) is 0 Å². The zero-order chi connectivity index (χ0) is 30.3. The minimum Gasteiger partial charge on any atom is -0.397 e. The summed E-state index contributed by atoms with van der Waals surface area (Å²) in [5.41, 5.74) is 13.8. The van der Waals surface area contributed by atoms with E-state index < -0.39 is 0 Å². The fraction of sp³-hybridized carbons (Fsp3) is 0.0513. The van der Waals surface area contributed by atoms with E-state index in [2.05, 4.69) is 72.9 Å². The Morgan fingerprint density at radius 2 is 1.05 bits per heavy atom. The Balaban J connectivity index is 0.000000329. The predicted octanol–water partition coefficient (Wildman–Crippen LogP) is 9.31. The number of hydrogen-bond donors (Lipinski definition) is 2. The second-order valence-corrected chi connectivity index (χ2v) is 10.5. The van der Waals surface area contributed by atoms with Crippen LogP contribution >= 0.6 is 0 Å². The smallest absolute Gasteiger partial charge is 0.164 e. The van der Waals surface area contributed by atoms with Crippen LogP contribution in [-0.4, -0.2) is 22.0 Å². The Morgan fingerprint density at radius 1 is 0.500 bits per heavy atom. The highest BCUT2D eigenvalue weighted by atomic mass is 15.0. The van der Waals surface area contributed by atoms with Gasteiger partial charge in [0.05, 0.1) is 11.4 Å². The first-order valence-electron chi connectivity index (χ1n) is 14.6. The number of hydrogen-bond acceptors (Lipinski definition) is 5. The van der Waals surface area contributed by atoms with Crippen molar-refractivity contribution in [2.75, 3.05) is 18.1 Å². The molecule has 0 aliphatic heterocycles. The fourth-order valence-corrected chi connectivity index (χ4v) is 5.14. The van der Waals surface area contributed by atoms with Gasteiger partial charge in [-0.15, -0.1) is 0 Å². The molecule has 44 heavy (non-hydrogen) atoms. The van der Waals surface area contributed by atoms with Gasteiger partial charge in [0.1, 0.15) is 0 Å². The van der Waals surface area contributed by atoms with Gasteiger partial charge in [0.2, 0.25) is 0 Å². The van der Waals surface area contributed by atoms with Gasteiger partial charge < -0.3 is 11.1 Å². The molecule has 0 saturated carbocycles. The van der Waals surface area contributed by atoms with Gasteiger partial charge in [-0.3, -0.25) is 0 Å². The maximum absolute atomic E-state index is 5.57. The van der Waals surface area contributed by atoms with E-state index in [0.717, 1.165) is 39.2 Å². The summed E-state index contributed by atoms with van der Waals surface area (Å²) in [7, 11) is 1.85. The summed E-state index contributed by atoms with van der Waals surface area (Å²) in [4.78, 5) is 14.8. The van der Waals surface area contributed by atoms with Gasteiger partial charge >= 0.3 is 0 Å². The summed E-state index contributed by atoms with van der Waals surface area (Å²) in [6.07, 6.45) is 0. The maximum atomic E-state index is 5.57. The number of anilines is 2. The summed E-state index contributed by atoms with van der Waals surface area (Å²) in [6.45, 7) is 2.11. The zero-order valence-electron chi connectivity index (χ0n) is 24.8. The van der Waals surface area contributed by atoms with Crippen molar-refractivity contribution in [3.05, 3.63) is 151 Å². The highest BCUT2D eigenvalue weighted by Gasteiger charge is 2.17. The largest absolute Gasteiger partial charge is 0.397 e. The molecule has 0 saturated heterocycles. The number of nitrogens with two attached hydrogens (primary N) is 1. The highest BCUT2D eigenvalue weighted by Crippen LogP contribution is 2.38. The minimum absolute atomic E-state index is 0.664. The third kappa shape index (κ3) is 6.18. The molecule has 0 aliphatic rings. The Bertz CT molecular complexity index is 1950. The van der Waals surface area contributed by atoms with E-state index >= 15 is 0 Å². The molecule has 1 heterocycles. The molecule has 0 aliphatic carbocycles. The summed E-state index contributed by atoms with van der Waals surface area (Å²) in [6, 6.07) is 49.3. The molecule has 6 aromatic carbocycles. The van der Waals surface area contributed by atoms with Gasteiger partial charge in [0.15, 0.2) is 17.5 Å². The summed E-state index contributed by atoms with van der Waals surface area (Å²) in [5.74, 6) is 1.99. The first-order valence-corrected chi connectivity index (χ1v) is 14.6. The molecule has 0 radical (unpaired) electrons. The van der Waals surface area contributed by atoms with Crippen LogP contribution in [0.4, 0.5) is 11.4 Å². The second-order valence-electron chi connectivity index (χ2n) is 10.5. The van der Waals surface area contributed by atoms with Crippen molar-refractivity contribution in [1.82, 2.24) is 15.0 Å². The van der Waals surface area contributed by atoms with Gasteiger partial charge in [-0.1, -0.05) is 133 Å². The van der Waals surface area contributed by atoms with E-state index in [1.165, 1.54) is 16.3 Å². The molecular weight excluding hydrogens is 538 g/mol. The normalized spacial score (nSPS) is 10.6. The van der Waals surface area contributed by atoms with Crippen molar-refractivity contribution < 1.29 is 0 Å². The standard InChI is InChI=1S/C32H23N3.C7H10N2/c1-22-16-18-24(19-17-22)29-27-15-9-8-10-23(27)20-21-28(29)32-34-30(25-11-4-2-5-12-25)33-31(35-32)26-13-6-3-7-14-26;1-9-7-5-3-2-4-6(7)8/h2-21H,1H3;2-5,9H,8H2,1H3. The van der Waals surface area contributed by atoms with E-state index in [0.29, 0.717) is 17.5 Å². The zero-order valence-corrected chi connectivity index (χ0v) is 24.8. The Morgan fingerprint density at radius 3 is 1.64 bits per heavy atom. The van der Waals surface area contributed by atoms with Crippen molar-refractivity contribution in [1.29, 1.82) is 0 Å².